The molecule has 1 aliphatic rings. The van der Waals surface area contributed by atoms with Gasteiger partial charge in [0.05, 0.1) is 40.2 Å². The van der Waals surface area contributed by atoms with Crippen molar-refractivity contribution in [3.05, 3.63) is 57.0 Å². The summed E-state index contributed by atoms with van der Waals surface area (Å²) in [5.74, 6) is -0.482. The Morgan fingerprint density at radius 2 is 1.68 bits per heavy atom. The second-order valence-electron chi connectivity index (χ2n) is 7.03. The van der Waals surface area contributed by atoms with Crippen molar-refractivity contribution in [2.75, 3.05) is 48.3 Å². The fourth-order valence-electron chi connectivity index (χ4n) is 3.12. The number of nitrogens with one attached hydrogen (secondary N) is 1. The van der Waals surface area contributed by atoms with Crippen LogP contribution in [0.5, 0.6) is 0 Å². The Balaban J connectivity index is 1.64. The molecule has 3 rings (SSSR count). The first-order valence-corrected chi connectivity index (χ1v) is 12.4. The molecule has 1 aliphatic heterocycles. The van der Waals surface area contributed by atoms with Crippen molar-refractivity contribution >= 4 is 62.1 Å². The molecule has 1 saturated heterocycles. The zero-order valence-corrected chi connectivity index (χ0v) is 19.9. The minimum Gasteiger partial charge on any atom is -0.378 e. The molecular formula is C20H22Cl3N3O4S. The average molecular weight is 507 g/mol. The fraction of sp³-hybridized carbons (Fsp3) is 0.350. The van der Waals surface area contributed by atoms with Crippen LogP contribution in [0, 0.1) is 0 Å². The number of hydrogen-bond acceptors (Lipinski definition) is 5. The van der Waals surface area contributed by atoms with E-state index in [0.717, 1.165) is 34.9 Å². The number of morpholine rings is 1. The second-order valence-corrected chi connectivity index (χ2v) is 10.2. The highest BCUT2D eigenvalue weighted by molar-refractivity contribution is 7.92. The van der Waals surface area contributed by atoms with Gasteiger partial charge in [0.25, 0.3) is 0 Å². The molecule has 1 amide bonds. The Morgan fingerprint density at radius 3 is 2.29 bits per heavy atom. The zero-order chi connectivity index (χ0) is 22.6. The highest BCUT2D eigenvalue weighted by Gasteiger charge is 2.24. The van der Waals surface area contributed by atoms with E-state index < -0.39 is 22.5 Å². The molecule has 11 heteroatoms. The Hall–Kier alpha value is -1.71. The van der Waals surface area contributed by atoms with Crippen molar-refractivity contribution in [3.8, 4) is 0 Å². The van der Waals surface area contributed by atoms with Crippen LogP contribution in [0.3, 0.4) is 0 Å². The second kappa shape index (κ2) is 10.3. The van der Waals surface area contributed by atoms with E-state index >= 15 is 0 Å². The van der Waals surface area contributed by atoms with Gasteiger partial charge in [-0.3, -0.25) is 9.10 Å². The standard InChI is InChI=1S/C20H22Cl3N3O4S/c1-31(28,29)26(19-11-17(22)16(21)10-18(19)23)13-20(27)24-12-14-2-4-15(5-3-14)25-6-8-30-9-7-25/h2-5,10-11H,6-9,12-13H2,1H3,(H,24,27). The number of rotatable bonds is 7. The topological polar surface area (TPSA) is 79.0 Å². The minimum absolute atomic E-state index is 0.0753. The molecule has 1 N–H and O–H groups in total. The van der Waals surface area contributed by atoms with E-state index in [2.05, 4.69) is 10.2 Å². The average Bonchev–Trinajstić information content (AvgIpc) is 2.73. The van der Waals surface area contributed by atoms with E-state index in [4.69, 9.17) is 39.5 Å². The molecule has 0 aromatic heterocycles. The SMILES string of the molecule is CS(=O)(=O)N(CC(=O)NCc1ccc(N2CCOCC2)cc1)c1cc(Cl)c(Cl)cc1Cl. The maximum absolute atomic E-state index is 12.5. The van der Waals surface area contributed by atoms with Gasteiger partial charge in [-0.2, -0.15) is 0 Å². The molecule has 0 atom stereocenters. The summed E-state index contributed by atoms with van der Waals surface area (Å²) in [4.78, 5) is 14.7. The van der Waals surface area contributed by atoms with E-state index in [1.165, 1.54) is 12.1 Å². The number of hydrogen-bond donors (Lipinski definition) is 1. The molecule has 2 aromatic rings. The first-order chi connectivity index (χ1) is 14.6. The Bertz CT molecular complexity index is 1040. The van der Waals surface area contributed by atoms with Gasteiger partial charge in [-0.15, -0.1) is 0 Å². The van der Waals surface area contributed by atoms with Gasteiger partial charge in [0.1, 0.15) is 6.54 Å². The van der Waals surface area contributed by atoms with Gasteiger partial charge >= 0.3 is 0 Å². The Kier molecular flexibility index (Phi) is 7.93. The molecule has 31 heavy (non-hydrogen) atoms. The summed E-state index contributed by atoms with van der Waals surface area (Å²) < 4.78 is 30.8. The van der Waals surface area contributed by atoms with E-state index in [1.807, 2.05) is 24.3 Å². The van der Waals surface area contributed by atoms with Crippen molar-refractivity contribution in [2.45, 2.75) is 6.54 Å². The van der Waals surface area contributed by atoms with Crippen LogP contribution in [0.15, 0.2) is 36.4 Å². The molecule has 7 nitrogen and oxygen atoms in total. The number of carbonyl (C=O) groups excluding carboxylic acids is 1. The van der Waals surface area contributed by atoms with Crippen molar-refractivity contribution in [2.24, 2.45) is 0 Å². The van der Waals surface area contributed by atoms with Crippen molar-refractivity contribution in [1.29, 1.82) is 0 Å². The highest BCUT2D eigenvalue weighted by atomic mass is 35.5. The summed E-state index contributed by atoms with van der Waals surface area (Å²) in [5, 5.41) is 3.13. The Morgan fingerprint density at radius 1 is 1.06 bits per heavy atom. The third-order valence-corrected chi connectivity index (χ3v) is 6.90. The molecule has 168 valence electrons. The van der Waals surface area contributed by atoms with E-state index in [-0.39, 0.29) is 27.3 Å². The summed E-state index contributed by atoms with van der Waals surface area (Å²) in [6.45, 7) is 2.91. The van der Waals surface area contributed by atoms with Gasteiger partial charge in [-0.05, 0) is 29.8 Å². The van der Waals surface area contributed by atoms with Crippen LogP contribution in [0.1, 0.15) is 5.56 Å². The first-order valence-electron chi connectivity index (χ1n) is 9.46. The van der Waals surface area contributed by atoms with Crippen LogP contribution in [0.4, 0.5) is 11.4 Å². The van der Waals surface area contributed by atoms with Gasteiger partial charge in [0.15, 0.2) is 0 Å². The molecular weight excluding hydrogens is 485 g/mol. The summed E-state index contributed by atoms with van der Waals surface area (Å²) in [6.07, 6.45) is 0.990. The number of benzene rings is 2. The normalized spacial score (nSPS) is 14.4. The van der Waals surface area contributed by atoms with Crippen LogP contribution in [0.2, 0.25) is 15.1 Å². The number of halogens is 3. The summed E-state index contributed by atoms with van der Waals surface area (Å²) >= 11 is 18.1. The molecule has 0 radical (unpaired) electrons. The molecule has 0 bridgehead atoms. The lowest BCUT2D eigenvalue weighted by molar-refractivity contribution is -0.119. The smallest absolute Gasteiger partial charge is 0.241 e. The van der Waals surface area contributed by atoms with Gasteiger partial charge in [-0.1, -0.05) is 46.9 Å². The lowest BCUT2D eigenvalue weighted by Crippen LogP contribution is -2.40. The number of carbonyl (C=O) groups is 1. The van der Waals surface area contributed by atoms with Crippen molar-refractivity contribution < 1.29 is 17.9 Å². The third-order valence-electron chi connectivity index (χ3n) is 4.75. The quantitative estimate of drug-likeness (QED) is 0.581. The van der Waals surface area contributed by atoms with Gasteiger partial charge in [-0.25, -0.2) is 8.42 Å². The Labute approximate surface area is 196 Å². The van der Waals surface area contributed by atoms with Crippen molar-refractivity contribution in [1.82, 2.24) is 5.32 Å². The molecule has 1 heterocycles. The maximum atomic E-state index is 12.5. The summed E-state index contributed by atoms with van der Waals surface area (Å²) in [5.41, 5.74) is 2.07. The lowest BCUT2D eigenvalue weighted by Gasteiger charge is -2.29. The van der Waals surface area contributed by atoms with Crippen LogP contribution < -0.4 is 14.5 Å². The van der Waals surface area contributed by atoms with Gasteiger partial charge in [0, 0.05) is 25.3 Å². The van der Waals surface area contributed by atoms with Crippen LogP contribution >= 0.6 is 34.8 Å². The third kappa shape index (κ3) is 6.40. The zero-order valence-electron chi connectivity index (χ0n) is 16.8. The van der Waals surface area contributed by atoms with Gasteiger partial charge < -0.3 is 15.0 Å². The molecule has 1 fully saturated rings. The lowest BCUT2D eigenvalue weighted by atomic mass is 10.2. The fourth-order valence-corrected chi connectivity index (χ4v) is 4.67. The predicted molar refractivity (Wildman–Crippen MR) is 125 cm³/mol. The number of anilines is 2. The van der Waals surface area contributed by atoms with Crippen LogP contribution in [-0.2, 0) is 26.1 Å². The molecule has 0 saturated carbocycles. The number of ether oxygens (including phenoxy) is 1. The first kappa shape index (κ1) is 23.9. The summed E-state index contributed by atoms with van der Waals surface area (Å²) in [7, 11) is -3.80. The predicted octanol–water partition coefficient (Wildman–Crippen LogP) is 3.57. The van der Waals surface area contributed by atoms with Gasteiger partial charge in [0.2, 0.25) is 15.9 Å². The van der Waals surface area contributed by atoms with Crippen molar-refractivity contribution in [3.63, 3.8) is 0 Å². The number of sulfonamides is 1. The van der Waals surface area contributed by atoms with Crippen LogP contribution in [-0.4, -0.2) is 53.4 Å². The van der Waals surface area contributed by atoms with E-state index in [1.54, 1.807) is 0 Å². The minimum atomic E-state index is -3.80. The summed E-state index contributed by atoms with van der Waals surface area (Å²) in [6, 6.07) is 10.5. The highest BCUT2D eigenvalue weighted by Crippen LogP contribution is 2.35. The van der Waals surface area contributed by atoms with E-state index in [9.17, 15) is 13.2 Å². The monoisotopic (exact) mass is 505 g/mol. The largest absolute Gasteiger partial charge is 0.378 e. The molecule has 0 aliphatic carbocycles. The van der Waals surface area contributed by atoms with E-state index in [0.29, 0.717) is 13.2 Å². The van der Waals surface area contributed by atoms with Crippen LogP contribution in [0.25, 0.3) is 0 Å². The molecule has 2 aromatic carbocycles. The number of nitrogens with zero attached hydrogens (tertiary/aromatic N) is 2. The molecule has 0 spiro atoms. The number of amides is 1. The molecule has 0 unspecified atom stereocenters. The maximum Gasteiger partial charge on any atom is 0.241 e.